The Morgan fingerprint density at radius 2 is 1.96 bits per heavy atom. The van der Waals surface area contributed by atoms with E-state index < -0.39 is 5.97 Å². The minimum Gasteiger partial charge on any atom is -0.481 e. The SMILES string of the molecule is CC(NC(=O)NCC1CC12CCOCC2)[C@@H]1C[C@H](C(=O)O)C1(C)C. The van der Waals surface area contributed by atoms with Gasteiger partial charge in [0.2, 0.25) is 0 Å². The van der Waals surface area contributed by atoms with Crippen LogP contribution in [0.2, 0.25) is 0 Å². The second-order valence-corrected chi connectivity index (χ2v) is 8.57. The highest BCUT2D eigenvalue weighted by atomic mass is 16.5. The first kappa shape index (κ1) is 17.5. The van der Waals surface area contributed by atoms with Crippen LogP contribution in [0.3, 0.4) is 0 Å². The zero-order chi connectivity index (χ0) is 17.5. The van der Waals surface area contributed by atoms with Crippen molar-refractivity contribution in [3.63, 3.8) is 0 Å². The van der Waals surface area contributed by atoms with Crippen LogP contribution < -0.4 is 10.6 Å². The molecular weight excluding hydrogens is 308 g/mol. The Kier molecular flexibility index (Phi) is 4.53. The molecule has 6 nitrogen and oxygen atoms in total. The van der Waals surface area contributed by atoms with Crippen LogP contribution in [0.1, 0.15) is 46.5 Å². The molecule has 3 rings (SSSR count). The average molecular weight is 338 g/mol. The molecule has 3 aliphatic rings. The lowest BCUT2D eigenvalue weighted by atomic mass is 9.53. The normalized spacial score (nSPS) is 34.0. The molecule has 2 saturated carbocycles. The van der Waals surface area contributed by atoms with Crippen LogP contribution in [0.4, 0.5) is 4.79 Å². The molecule has 1 heterocycles. The zero-order valence-electron chi connectivity index (χ0n) is 14.9. The molecule has 2 aliphatic carbocycles. The molecule has 24 heavy (non-hydrogen) atoms. The summed E-state index contributed by atoms with van der Waals surface area (Å²) in [6.45, 7) is 8.36. The fourth-order valence-corrected chi connectivity index (χ4v) is 4.91. The van der Waals surface area contributed by atoms with Crippen molar-refractivity contribution in [2.45, 2.75) is 52.5 Å². The first-order chi connectivity index (χ1) is 11.3. The summed E-state index contributed by atoms with van der Waals surface area (Å²) in [5.41, 5.74) is 0.142. The molecule has 4 atom stereocenters. The third-order valence-electron chi connectivity index (χ3n) is 6.96. The molecule has 1 aliphatic heterocycles. The standard InChI is InChI=1S/C18H30N2O4/c1-11(13-8-14(15(21)22)17(13,2)3)20-16(23)19-10-12-9-18(12)4-6-24-7-5-18/h11-14H,4-10H2,1-3H3,(H,21,22)(H2,19,20,23)/t11?,12?,13-,14+/m0/s1. The van der Waals surface area contributed by atoms with Gasteiger partial charge in [0, 0.05) is 25.8 Å². The number of carbonyl (C=O) groups excluding carboxylic acids is 1. The number of carboxylic acid groups (broad SMARTS) is 1. The van der Waals surface area contributed by atoms with Crippen LogP contribution in [0.5, 0.6) is 0 Å². The van der Waals surface area contributed by atoms with Gasteiger partial charge in [0.1, 0.15) is 0 Å². The molecule has 3 N–H and O–H groups in total. The van der Waals surface area contributed by atoms with Crippen LogP contribution in [0.15, 0.2) is 0 Å². The monoisotopic (exact) mass is 338 g/mol. The Balaban J connectivity index is 1.40. The number of hydrogen-bond acceptors (Lipinski definition) is 3. The molecule has 1 saturated heterocycles. The maximum Gasteiger partial charge on any atom is 0.315 e. The summed E-state index contributed by atoms with van der Waals surface area (Å²) in [4.78, 5) is 23.4. The Labute approximate surface area is 143 Å². The summed E-state index contributed by atoms with van der Waals surface area (Å²) >= 11 is 0. The summed E-state index contributed by atoms with van der Waals surface area (Å²) < 4.78 is 5.42. The van der Waals surface area contributed by atoms with Crippen molar-refractivity contribution < 1.29 is 19.4 Å². The van der Waals surface area contributed by atoms with Crippen LogP contribution in [-0.2, 0) is 9.53 Å². The molecule has 1 spiro atoms. The number of nitrogens with one attached hydrogen (secondary N) is 2. The maximum absolute atomic E-state index is 12.2. The number of carboxylic acids is 1. The maximum atomic E-state index is 12.2. The Morgan fingerprint density at radius 1 is 1.29 bits per heavy atom. The van der Waals surface area contributed by atoms with E-state index >= 15 is 0 Å². The number of urea groups is 1. The highest BCUT2D eigenvalue weighted by Crippen LogP contribution is 2.58. The lowest BCUT2D eigenvalue weighted by Gasteiger charge is -2.52. The van der Waals surface area contributed by atoms with Gasteiger partial charge in [-0.05, 0) is 55.3 Å². The van der Waals surface area contributed by atoms with E-state index in [1.807, 2.05) is 20.8 Å². The van der Waals surface area contributed by atoms with Gasteiger partial charge < -0.3 is 20.5 Å². The molecule has 6 heteroatoms. The highest BCUT2D eigenvalue weighted by Gasteiger charge is 2.55. The van der Waals surface area contributed by atoms with E-state index in [0.717, 1.165) is 32.6 Å². The number of amides is 2. The summed E-state index contributed by atoms with van der Waals surface area (Å²) in [5.74, 6) is -0.260. The van der Waals surface area contributed by atoms with Gasteiger partial charge in [0.15, 0.2) is 0 Å². The fourth-order valence-electron chi connectivity index (χ4n) is 4.91. The molecule has 0 bridgehead atoms. The predicted molar refractivity (Wildman–Crippen MR) is 89.6 cm³/mol. The van der Waals surface area contributed by atoms with Crippen molar-refractivity contribution in [2.75, 3.05) is 19.8 Å². The topological polar surface area (TPSA) is 87.7 Å². The number of rotatable bonds is 5. The summed E-state index contributed by atoms with van der Waals surface area (Å²) in [5, 5.41) is 15.2. The van der Waals surface area contributed by atoms with Crippen molar-refractivity contribution in [3.05, 3.63) is 0 Å². The second-order valence-electron chi connectivity index (χ2n) is 8.57. The lowest BCUT2D eigenvalue weighted by molar-refractivity contribution is -0.160. The van der Waals surface area contributed by atoms with Gasteiger partial charge >= 0.3 is 12.0 Å². The van der Waals surface area contributed by atoms with E-state index in [0.29, 0.717) is 17.8 Å². The first-order valence-corrected chi connectivity index (χ1v) is 9.11. The van der Waals surface area contributed by atoms with E-state index in [2.05, 4.69) is 10.6 Å². The van der Waals surface area contributed by atoms with E-state index in [1.54, 1.807) is 0 Å². The molecule has 0 aromatic heterocycles. The van der Waals surface area contributed by atoms with E-state index in [4.69, 9.17) is 4.74 Å². The number of ether oxygens (including phenoxy) is 1. The zero-order valence-corrected chi connectivity index (χ0v) is 14.9. The van der Waals surface area contributed by atoms with Crippen LogP contribution in [0.25, 0.3) is 0 Å². The third-order valence-corrected chi connectivity index (χ3v) is 6.96. The summed E-state index contributed by atoms with van der Waals surface area (Å²) in [7, 11) is 0. The third kappa shape index (κ3) is 3.13. The summed E-state index contributed by atoms with van der Waals surface area (Å²) in [6.07, 6.45) is 4.06. The van der Waals surface area contributed by atoms with E-state index in [1.165, 1.54) is 6.42 Å². The molecule has 2 amide bonds. The lowest BCUT2D eigenvalue weighted by Crippen LogP contribution is -2.58. The van der Waals surface area contributed by atoms with Gasteiger partial charge in [-0.1, -0.05) is 13.8 Å². The molecular formula is C18H30N2O4. The first-order valence-electron chi connectivity index (χ1n) is 9.11. The molecule has 3 fully saturated rings. The number of carbonyl (C=O) groups is 2. The Morgan fingerprint density at radius 3 is 2.54 bits per heavy atom. The predicted octanol–water partition coefficient (Wildman–Crippen LogP) is 2.24. The van der Waals surface area contributed by atoms with E-state index in [-0.39, 0.29) is 29.3 Å². The molecule has 0 aromatic rings. The largest absolute Gasteiger partial charge is 0.481 e. The van der Waals surface area contributed by atoms with Crippen LogP contribution in [0, 0.1) is 28.6 Å². The summed E-state index contributed by atoms with van der Waals surface area (Å²) in [6, 6.07) is -0.155. The smallest absolute Gasteiger partial charge is 0.315 e. The van der Waals surface area contributed by atoms with E-state index in [9.17, 15) is 14.7 Å². The minimum absolute atomic E-state index is 0.0214. The Hall–Kier alpha value is -1.30. The van der Waals surface area contributed by atoms with Crippen molar-refractivity contribution in [1.29, 1.82) is 0 Å². The second kappa shape index (κ2) is 6.21. The minimum atomic E-state index is -0.733. The van der Waals surface area contributed by atoms with Gasteiger partial charge in [-0.3, -0.25) is 4.79 Å². The van der Waals surface area contributed by atoms with Gasteiger partial charge in [0.05, 0.1) is 5.92 Å². The highest BCUT2D eigenvalue weighted by molar-refractivity contribution is 5.75. The van der Waals surface area contributed by atoms with Gasteiger partial charge in [0.25, 0.3) is 0 Å². The van der Waals surface area contributed by atoms with Crippen LogP contribution in [-0.4, -0.2) is 42.9 Å². The quantitative estimate of drug-likeness (QED) is 0.717. The van der Waals surface area contributed by atoms with Crippen LogP contribution >= 0.6 is 0 Å². The average Bonchev–Trinajstić information content (AvgIpc) is 3.16. The van der Waals surface area contributed by atoms with Crippen molar-refractivity contribution in [2.24, 2.45) is 28.6 Å². The molecule has 2 unspecified atom stereocenters. The number of aliphatic carboxylic acids is 1. The molecule has 136 valence electrons. The van der Waals surface area contributed by atoms with Gasteiger partial charge in [-0.15, -0.1) is 0 Å². The van der Waals surface area contributed by atoms with Gasteiger partial charge in [-0.25, -0.2) is 4.79 Å². The number of hydrogen-bond donors (Lipinski definition) is 3. The Bertz CT molecular complexity index is 513. The van der Waals surface area contributed by atoms with Crippen molar-refractivity contribution in [3.8, 4) is 0 Å². The molecule has 0 aromatic carbocycles. The van der Waals surface area contributed by atoms with Crippen molar-refractivity contribution >= 4 is 12.0 Å². The van der Waals surface area contributed by atoms with Crippen molar-refractivity contribution in [1.82, 2.24) is 10.6 Å². The van der Waals surface area contributed by atoms with Gasteiger partial charge in [-0.2, -0.15) is 0 Å². The fraction of sp³-hybridized carbons (Fsp3) is 0.889. The molecule has 0 radical (unpaired) electrons.